The second kappa shape index (κ2) is 7.01. The topological polar surface area (TPSA) is 79.3 Å². The molecule has 94 valence electrons. The summed E-state index contributed by atoms with van der Waals surface area (Å²) >= 11 is 1.32. The van der Waals surface area contributed by atoms with Crippen molar-refractivity contribution in [3.8, 4) is 0 Å². The van der Waals surface area contributed by atoms with Crippen LogP contribution in [-0.2, 0) is 22.4 Å². The number of carboxylic acids is 1. The Balaban J connectivity index is 2.38. The predicted molar refractivity (Wildman–Crippen MR) is 65.1 cm³/mol. The first kappa shape index (κ1) is 13.6. The van der Waals surface area contributed by atoms with Gasteiger partial charge in [-0.15, -0.1) is 11.3 Å². The van der Waals surface area contributed by atoms with Gasteiger partial charge in [0.05, 0.1) is 18.5 Å². The van der Waals surface area contributed by atoms with Gasteiger partial charge in [0.15, 0.2) is 0 Å². The van der Waals surface area contributed by atoms with Crippen molar-refractivity contribution in [3.05, 3.63) is 16.1 Å². The minimum absolute atomic E-state index is 0.0605. The van der Waals surface area contributed by atoms with Crippen molar-refractivity contribution in [1.29, 1.82) is 0 Å². The second-order valence-electron chi connectivity index (χ2n) is 3.68. The average Bonchev–Trinajstić information content (AvgIpc) is 2.64. The molecular weight excluding hydrogens is 240 g/mol. The Hall–Kier alpha value is -1.43. The third-order valence-corrected chi connectivity index (χ3v) is 2.99. The molecule has 2 N–H and O–H groups in total. The van der Waals surface area contributed by atoms with Gasteiger partial charge in [0.2, 0.25) is 5.91 Å². The summed E-state index contributed by atoms with van der Waals surface area (Å²) in [6.07, 6.45) is 2.15. The zero-order valence-electron chi connectivity index (χ0n) is 9.73. The highest BCUT2D eigenvalue weighted by Gasteiger charge is 2.09. The third kappa shape index (κ3) is 5.44. The van der Waals surface area contributed by atoms with Crippen LogP contribution in [0.15, 0.2) is 5.38 Å². The Bertz CT molecular complexity index is 390. The number of aliphatic carboxylic acids is 1. The zero-order chi connectivity index (χ0) is 12.7. The van der Waals surface area contributed by atoms with Crippen molar-refractivity contribution in [2.24, 2.45) is 0 Å². The van der Waals surface area contributed by atoms with Crippen LogP contribution in [0, 0.1) is 0 Å². The van der Waals surface area contributed by atoms with Crippen LogP contribution in [0.1, 0.15) is 30.5 Å². The van der Waals surface area contributed by atoms with Crippen LogP contribution in [0.25, 0.3) is 0 Å². The summed E-state index contributed by atoms with van der Waals surface area (Å²) in [6, 6.07) is 0. The highest BCUT2D eigenvalue weighted by molar-refractivity contribution is 7.09. The smallest absolute Gasteiger partial charge is 0.309 e. The number of unbranched alkanes of at least 4 members (excludes halogenated alkanes) is 1. The number of rotatable bonds is 7. The van der Waals surface area contributed by atoms with Gasteiger partial charge in [-0.25, -0.2) is 4.98 Å². The minimum atomic E-state index is -0.908. The summed E-state index contributed by atoms with van der Waals surface area (Å²) < 4.78 is 0. The maximum Gasteiger partial charge on any atom is 0.309 e. The molecule has 1 aromatic heterocycles. The SMILES string of the molecule is CCCCNC(=O)Cc1nc(CC(=O)O)cs1. The molecule has 0 fully saturated rings. The predicted octanol–water partition coefficient (Wildman–Crippen LogP) is 1.23. The zero-order valence-corrected chi connectivity index (χ0v) is 10.5. The molecule has 17 heavy (non-hydrogen) atoms. The average molecular weight is 256 g/mol. The third-order valence-electron chi connectivity index (χ3n) is 2.10. The van der Waals surface area contributed by atoms with E-state index in [4.69, 9.17) is 5.11 Å². The first-order valence-electron chi connectivity index (χ1n) is 5.53. The van der Waals surface area contributed by atoms with Crippen LogP contribution >= 0.6 is 11.3 Å². The van der Waals surface area contributed by atoms with E-state index in [1.165, 1.54) is 11.3 Å². The van der Waals surface area contributed by atoms with Crippen molar-refractivity contribution < 1.29 is 14.7 Å². The molecule has 1 amide bonds. The molecule has 0 saturated heterocycles. The number of carbonyl (C=O) groups excluding carboxylic acids is 1. The molecule has 0 radical (unpaired) electrons. The van der Waals surface area contributed by atoms with Gasteiger partial charge < -0.3 is 10.4 Å². The number of thiazole rings is 1. The van der Waals surface area contributed by atoms with Gasteiger partial charge >= 0.3 is 5.97 Å². The number of aromatic nitrogens is 1. The van der Waals surface area contributed by atoms with Crippen LogP contribution in [0.5, 0.6) is 0 Å². The maximum absolute atomic E-state index is 11.5. The van der Waals surface area contributed by atoms with E-state index in [0.29, 0.717) is 17.2 Å². The first-order chi connectivity index (χ1) is 8.11. The Morgan fingerprint density at radius 3 is 2.88 bits per heavy atom. The molecule has 6 heteroatoms. The highest BCUT2D eigenvalue weighted by atomic mass is 32.1. The molecule has 0 aliphatic rings. The molecule has 0 saturated carbocycles. The van der Waals surface area contributed by atoms with E-state index in [-0.39, 0.29) is 18.7 Å². The van der Waals surface area contributed by atoms with E-state index in [0.717, 1.165) is 12.8 Å². The van der Waals surface area contributed by atoms with Crippen molar-refractivity contribution >= 4 is 23.2 Å². The molecule has 0 atom stereocenters. The number of amides is 1. The van der Waals surface area contributed by atoms with Crippen LogP contribution in [0.2, 0.25) is 0 Å². The molecular formula is C11H16N2O3S. The standard InChI is InChI=1S/C11H16N2O3S/c1-2-3-4-12-9(14)6-10-13-8(7-17-10)5-11(15)16/h7H,2-6H2,1H3,(H,12,14)(H,15,16). The van der Waals surface area contributed by atoms with Crippen LogP contribution < -0.4 is 5.32 Å². The minimum Gasteiger partial charge on any atom is -0.481 e. The lowest BCUT2D eigenvalue weighted by Gasteiger charge is -2.01. The molecule has 5 nitrogen and oxygen atoms in total. The largest absolute Gasteiger partial charge is 0.481 e. The van der Waals surface area contributed by atoms with Crippen molar-refractivity contribution in [3.63, 3.8) is 0 Å². The van der Waals surface area contributed by atoms with Crippen LogP contribution in [0.4, 0.5) is 0 Å². The van der Waals surface area contributed by atoms with E-state index in [1.54, 1.807) is 5.38 Å². The summed E-state index contributed by atoms with van der Waals surface area (Å²) in [4.78, 5) is 26.0. The Morgan fingerprint density at radius 2 is 2.24 bits per heavy atom. The summed E-state index contributed by atoms with van der Waals surface area (Å²) in [7, 11) is 0. The highest BCUT2D eigenvalue weighted by Crippen LogP contribution is 2.11. The van der Waals surface area contributed by atoms with E-state index < -0.39 is 5.97 Å². The number of nitrogens with one attached hydrogen (secondary N) is 1. The molecule has 1 aromatic rings. The number of hydrogen-bond donors (Lipinski definition) is 2. The number of nitrogens with zero attached hydrogens (tertiary/aromatic N) is 1. The summed E-state index contributed by atoms with van der Waals surface area (Å²) in [6.45, 7) is 2.74. The number of hydrogen-bond acceptors (Lipinski definition) is 4. The summed E-state index contributed by atoms with van der Waals surface area (Å²) in [5, 5.41) is 13.7. The number of carboxylic acid groups (broad SMARTS) is 1. The maximum atomic E-state index is 11.5. The van der Waals surface area contributed by atoms with E-state index in [2.05, 4.69) is 17.2 Å². The fourth-order valence-corrected chi connectivity index (χ4v) is 2.06. The normalized spacial score (nSPS) is 10.2. The van der Waals surface area contributed by atoms with Crippen molar-refractivity contribution in [2.75, 3.05) is 6.54 Å². The van der Waals surface area contributed by atoms with E-state index >= 15 is 0 Å². The molecule has 0 unspecified atom stereocenters. The van der Waals surface area contributed by atoms with E-state index in [1.807, 2.05) is 0 Å². The molecule has 0 spiro atoms. The van der Waals surface area contributed by atoms with Gasteiger partial charge in [0, 0.05) is 11.9 Å². The molecule has 1 rings (SSSR count). The monoisotopic (exact) mass is 256 g/mol. The second-order valence-corrected chi connectivity index (χ2v) is 4.63. The van der Waals surface area contributed by atoms with Crippen LogP contribution in [-0.4, -0.2) is 28.5 Å². The van der Waals surface area contributed by atoms with E-state index in [9.17, 15) is 9.59 Å². The van der Waals surface area contributed by atoms with Crippen molar-refractivity contribution in [2.45, 2.75) is 32.6 Å². The molecule has 0 aliphatic heterocycles. The van der Waals surface area contributed by atoms with Gasteiger partial charge in [0.25, 0.3) is 0 Å². The lowest BCUT2D eigenvalue weighted by Crippen LogP contribution is -2.25. The summed E-state index contributed by atoms with van der Waals surface area (Å²) in [5.74, 6) is -0.969. The first-order valence-corrected chi connectivity index (χ1v) is 6.41. The lowest BCUT2D eigenvalue weighted by molar-refractivity contribution is -0.136. The fourth-order valence-electron chi connectivity index (χ4n) is 1.27. The van der Waals surface area contributed by atoms with Crippen LogP contribution in [0.3, 0.4) is 0 Å². The molecule has 0 bridgehead atoms. The Morgan fingerprint density at radius 1 is 1.47 bits per heavy atom. The van der Waals surface area contributed by atoms with Gasteiger partial charge in [-0.3, -0.25) is 9.59 Å². The quantitative estimate of drug-likeness (QED) is 0.719. The van der Waals surface area contributed by atoms with Gasteiger partial charge in [0.1, 0.15) is 5.01 Å². The molecule has 0 aromatic carbocycles. The Kier molecular flexibility index (Phi) is 5.62. The number of carbonyl (C=O) groups is 2. The van der Waals surface area contributed by atoms with Gasteiger partial charge in [-0.1, -0.05) is 13.3 Å². The fraction of sp³-hybridized carbons (Fsp3) is 0.545. The van der Waals surface area contributed by atoms with Gasteiger partial charge in [-0.05, 0) is 6.42 Å². The van der Waals surface area contributed by atoms with Crippen molar-refractivity contribution in [1.82, 2.24) is 10.3 Å². The molecule has 0 aliphatic carbocycles. The Labute approximate surface area is 104 Å². The molecule has 1 heterocycles. The lowest BCUT2D eigenvalue weighted by atomic mass is 10.3. The van der Waals surface area contributed by atoms with Gasteiger partial charge in [-0.2, -0.15) is 0 Å². The summed E-state index contributed by atoms with van der Waals surface area (Å²) in [5.41, 5.74) is 0.513.